The van der Waals surface area contributed by atoms with Gasteiger partial charge < -0.3 is 10.1 Å². The van der Waals surface area contributed by atoms with Gasteiger partial charge in [0.05, 0.1) is 12.7 Å². The van der Waals surface area contributed by atoms with Crippen LogP contribution in [-0.2, 0) is 6.18 Å². The number of ether oxygens (including phenoxy) is 1. The summed E-state index contributed by atoms with van der Waals surface area (Å²) in [5.41, 5.74) is 2.43. The van der Waals surface area contributed by atoms with E-state index in [1.807, 2.05) is 18.2 Å². The van der Waals surface area contributed by atoms with Gasteiger partial charge in [-0.3, -0.25) is 0 Å². The second kappa shape index (κ2) is 6.06. The first-order chi connectivity index (χ1) is 12.0. The number of fused-ring (bicyclic) bond motifs is 3. The van der Waals surface area contributed by atoms with E-state index in [-0.39, 0.29) is 17.9 Å². The Morgan fingerprint density at radius 1 is 1.08 bits per heavy atom. The standard InChI is InChI=1S/C20H20F3NO/c1-25-14-7-8-15-17(11-14)18(16-6-3-9-24-19(15)16)12-4-2-5-13(10-12)20(21,22)23/h2,4-5,7-8,10-11,16,18-19,24H,3,6,9H2,1H3. The smallest absolute Gasteiger partial charge is 0.416 e. The number of piperidine rings is 1. The summed E-state index contributed by atoms with van der Waals surface area (Å²) in [6, 6.07) is 12.0. The van der Waals surface area contributed by atoms with Crippen LogP contribution in [0.1, 0.15) is 47.1 Å². The number of hydrogen-bond acceptors (Lipinski definition) is 2. The minimum absolute atomic E-state index is 0.0369. The van der Waals surface area contributed by atoms with Crippen molar-refractivity contribution in [2.24, 2.45) is 5.92 Å². The molecule has 0 radical (unpaired) electrons. The first-order valence-electron chi connectivity index (χ1n) is 8.57. The third kappa shape index (κ3) is 2.80. The first-order valence-corrected chi connectivity index (χ1v) is 8.57. The van der Waals surface area contributed by atoms with Crippen LogP contribution in [0.15, 0.2) is 42.5 Å². The molecule has 0 saturated carbocycles. The Labute approximate surface area is 145 Å². The summed E-state index contributed by atoms with van der Waals surface area (Å²) in [6.07, 6.45) is -2.27. The van der Waals surface area contributed by atoms with Gasteiger partial charge in [-0.05, 0) is 60.2 Å². The largest absolute Gasteiger partial charge is 0.497 e. The summed E-state index contributed by atoms with van der Waals surface area (Å²) in [6.45, 7) is 0.946. The van der Waals surface area contributed by atoms with Crippen LogP contribution in [0.4, 0.5) is 13.2 Å². The molecule has 3 atom stereocenters. The Bertz CT molecular complexity index is 787. The molecule has 0 bridgehead atoms. The molecule has 1 fully saturated rings. The Kier molecular flexibility index (Phi) is 3.99. The van der Waals surface area contributed by atoms with Crippen LogP contribution in [0.2, 0.25) is 0 Å². The normalized spacial score (nSPS) is 25.4. The lowest BCUT2D eigenvalue weighted by Gasteiger charge is -2.31. The van der Waals surface area contributed by atoms with Gasteiger partial charge in [0.1, 0.15) is 5.75 Å². The zero-order chi connectivity index (χ0) is 17.6. The molecule has 3 unspecified atom stereocenters. The molecule has 132 valence electrons. The lowest BCUT2D eigenvalue weighted by Crippen LogP contribution is -2.32. The van der Waals surface area contributed by atoms with E-state index < -0.39 is 11.7 Å². The molecule has 2 aromatic carbocycles. The number of halogens is 3. The maximum absolute atomic E-state index is 13.2. The van der Waals surface area contributed by atoms with Crippen molar-refractivity contribution in [2.75, 3.05) is 13.7 Å². The van der Waals surface area contributed by atoms with Crippen molar-refractivity contribution in [2.45, 2.75) is 31.0 Å². The van der Waals surface area contributed by atoms with E-state index >= 15 is 0 Å². The highest BCUT2D eigenvalue weighted by Gasteiger charge is 2.43. The molecule has 1 saturated heterocycles. The van der Waals surface area contributed by atoms with Crippen LogP contribution in [0.25, 0.3) is 0 Å². The zero-order valence-corrected chi connectivity index (χ0v) is 13.9. The van der Waals surface area contributed by atoms with E-state index in [0.29, 0.717) is 0 Å². The summed E-state index contributed by atoms with van der Waals surface area (Å²) in [5.74, 6) is 0.985. The van der Waals surface area contributed by atoms with E-state index in [4.69, 9.17) is 4.74 Å². The third-order valence-electron chi connectivity index (χ3n) is 5.47. The minimum Gasteiger partial charge on any atom is -0.497 e. The van der Waals surface area contributed by atoms with Gasteiger partial charge in [-0.2, -0.15) is 13.2 Å². The fourth-order valence-corrected chi connectivity index (χ4v) is 4.41. The fourth-order valence-electron chi connectivity index (χ4n) is 4.41. The molecular formula is C20H20F3NO. The van der Waals surface area contributed by atoms with Crippen molar-refractivity contribution in [1.29, 1.82) is 0 Å². The lowest BCUT2D eigenvalue weighted by molar-refractivity contribution is -0.137. The molecule has 1 aliphatic heterocycles. The second-order valence-corrected chi connectivity index (χ2v) is 6.83. The summed E-state index contributed by atoms with van der Waals surface area (Å²) in [7, 11) is 1.61. The molecule has 1 heterocycles. The van der Waals surface area contributed by atoms with E-state index in [2.05, 4.69) is 11.4 Å². The first kappa shape index (κ1) is 16.5. The number of nitrogens with one attached hydrogen (secondary N) is 1. The Hall–Kier alpha value is -2.01. The van der Waals surface area contributed by atoms with Gasteiger partial charge in [0.2, 0.25) is 0 Å². The number of methoxy groups -OCH3 is 1. The van der Waals surface area contributed by atoms with Crippen LogP contribution in [0, 0.1) is 5.92 Å². The van der Waals surface area contributed by atoms with Gasteiger partial charge in [0, 0.05) is 12.0 Å². The van der Waals surface area contributed by atoms with Crippen LogP contribution in [0.5, 0.6) is 5.75 Å². The highest BCUT2D eigenvalue weighted by atomic mass is 19.4. The SMILES string of the molecule is COc1ccc2c(c1)C(c1cccc(C(F)(F)F)c1)C1CCCNC21. The van der Waals surface area contributed by atoms with Crippen LogP contribution in [0.3, 0.4) is 0 Å². The van der Waals surface area contributed by atoms with Crippen LogP contribution < -0.4 is 10.1 Å². The van der Waals surface area contributed by atoms with Gasteiger partial charge in [-0.15, -0.1) is 0 Å². The number of benzene rings is 2. The minimum atomic E-state index is -4.32. The highest BCUT2D eigenvalue weighted by Crippen LogP contribution is 2.52. The van der Waals surface area contributed by atoms with Crippen molar-refractivity contribution in [3.05, 3.63) is 64.7 Å². The Morgan fingerprint density at radius 3 is 2.68 bits per heavy atom. The van der Waals surface area contributed by atoms with E-state index in [1.54, 1.807) is 7.11 Å². The maximum Gasteiger partial charge on any atom is 0.416 e. The van der Waals surface area contributed by atoms with Gasteiger partial charge in [-0.1, -0.05) is 24.3 Å². The predicted molar refractivity (Wildman–Crippen MR) is 89.7 cm³/mol. The number of hydrogen-bond donors (Lipinski definition) is 1. The molecule has 2 nitrogen and oxygen atoms in total. The molecule has 5 heteroatoms. The zero-order valence-electron chi connectivity index (χ0n) is 13.9. The monoisotopic (exact) mass is 347 g/mol. The number of alkyl halides is 3. The molecule has 2 aliphatic rings. The van der Waals surface area contributed by atoms with Gasteiger partial charge in [0.15, 0.2) is 0 Å². The molecule has 2 aromatic rings. The van der Waals surface area contributed by atoms with Crippen molar-refractivity contribution < 1.29 is 17.9 Å². The van der Waals surface area contributed by atoms with Crippen molar-refractivity contribution in [3.8, 4) is 5.75 Å². The maximum atomic E-state index is 13.2. The fraction of sp³-hybridized carbons (Fsp3) is 0.400. The predicted octanol–water partition coefficient (Wildman–Crippen LogP) is 4.90. The quantitative estimate of drug-likeness (QED) is 0.834. The Balaban J connectivity index is 1.83. The summed E-state index contributed by atoms with van der Waals surface area (Å²) < 4.78 is 44.9. The molecule has 0 amide bonds. The summed E-state index contributed by atoms with van der Waals surface area (Å²) >= 11 is 0. The molecule has 0 spiro atoms. The Morgan fingerprint density at radius 2 is 1.92 bits per heavy atom. The van der Waals surface area contributed by atoms with E-state index in [9.17, 15) is 13.2 Å². The average Bonchev–Trinajstić information content (AvgIpc) is 2.94. The number of rotatable bonds is 2. The van der Waals surface area contributed by atoms with Crippen molar-refractivity contribution in [1.82, 2.24) is 5.32 Å². The van der Waals surface area contributed by atoms with Gasteiger partial charge >= 0.3 is 6.18 Å². The van der Waals surface area contributed by atoms with Crippen molar-refractivity contribution in [3.63, 3.8) is 0 Å². The molecule has 25 heavy (non-hydrogen) atoms. The molecular weight excluding hydrogens is 327 g/mol. The lowest BCUT2D eigenvalue weighted by atomic mass is 9.80. The van der Waals surface area contributed by atoms with E-state index in [1.165, 1.54) is 17.7 Å². The van der Waals surface area contributed by atoms with Crippen LogP contribution in [-0.4, -0.2) is 13.7 Å². The van der Waals surface area contributed by atoms with E-state index in [0.717, 1.165) is 42.3 Å². The molecule has 4 rings (SSSR count). The third-order valence-corrected chi connectivity index (χ3v) is 5.47. The van der Waals surface area contributed by atoms with Crippen LogP contribution >= 0.6 is 0 Å². The topological polar surface area (TPSA) is 21.3 Å². The molecule has 1 aliphatic carbocycles. The highest BCUT2D eigenvalue weighted by molar-refractivity contribution is 5.50. The van der Waals surface area contributed by atoms with Gasteiger partial charge in [-0.25, -0.2) is 0 Å². The summed E-state index contributed by atoms with van der Waals surface area (Å²) in [5, 5.41) is 3.56. The molecule has 1 N–H and O–H groups in total. The summed E-state index contributed by atoms with van der Waals surface area (Å²) in [4.78, 5) is 0. The second-order valence-electron chi connectivity index (χ2n) is 6.83. The average molecular weight is 347 g/mol. The molecule has 0 aromatic heterocycles. The van der Waals surface area contributed by atoms with Gasteiger partial charge in [0.25, 0.3) is 0 Å². The van der Waals surface area contributed by atoms with Crippen molar-refractivity contribution >= 4 is 0 Å².